The fourth-order valence-corrected chi connectivity index (χ4v) is 1.91. The van der Waals surface area contributed by atoms with E-state index in [2.05, 4.69) is 0 Å². The Hall–Kier alpha value is -2.24. The molecule has 1 heterocycles. The van der Waals surface area contributed by atoms with Gasteiger partial charge in [0.25, 0.3) is 0 Å². The molecule has 2 rings (SSSR count). The van der Waals surface area contributed by atoms with Crippen LogP contribution in [0.5, 0.6) is 5.75 Å². The first-order chi connectivity index (χ1) is 9.10. The van der Waals surface area contributed by atoms with Crippen LogP contribution in [0, 0.1) is 0 Å². The largest absolute Gasteiger partial charge is 0.497 e. The SMILES string of the molecule is COc1ccc(C2CN(CCC(=O)O)C(=O)O2)cc1. The Morgan fingerprint density at radius 1 is 1.47 bits per heavy atom. The summed E-state index contributed by atoms with van der Waals surface area (Å²) in [6.45, 7) is 0.541. The van der Waals surface area contributed by atoms with Crippen molar-refractivity contribution in [2.24, 2.45) is 0 Å². The zero-order valence-electron chi connectivity index (χ0n) is 10.5. The molecule has 0 spiro atoms. The number of hydrogen-bond acceptors (Lipinski definition) is 4. The number of methoxy groups -OCH3 is 1. The molecule has 1 aromatic carbocycles. The average Bonchev–Trinajstić information content (AvgIpc) is 2.78. The molecule has 0 aliphatic carbocycles. The van der Waals surface area contributed by atoms with Crippen molar-refractivity contribution in [2.45, 2.75) is 12.5 Å². The summed E-state index contributed by atoms with van der Waals surface area (Å²) in [5.74, 6) is -0.198. The Morgan fingerprint density at radius 3 is 2.74 bits per heavy atom. The van der Waals surface area contributed by atoms with E-state index >= 15 is 0 Å². The van der Waals surface area contributed by atoms with Gasteiger partial charge in [-0.05, 0) is 17.7 Å². The third-order valence-corrected chi connectivity index (χ3v) is 2.97. The normalized spacial score (nSPS) is 18.3. The van der Waals surface area contributed by atoms with E-state index in [0.717, 1.165) is 11.3 Å². The third-order valence-electron chi connectivity index (χ3n) is 2.97. The standard InChI is InChI=1S/C13H15NO5/c1-18-10-4-2-9(3-5-10)11-8-14(13(17)19-11)7-6-12(15)16/h2-5,11H,6-8H2,1H3,(H,15,16). The average molecular weight is 265 g/mol. The Morgan fingerprint density at radius 2 is 2.16 bits per heavy atom. The summed E-state index contributed by atoms with van der Waals surface area (Å²) in [6, 6.07) is 7.25. The van der Waals surface area contributed by atoms with Gasteiger partial charge in [0, 0.05) is 6.54 Å². The molecular formula is C13H15NO5. The van der Waals surface area contributed by atoms with E-state index in [4.69, 9.17) is 14.6 Å². The van der Waals surface area contributed by atoms with Crippen LogP contribution >= 0.6 is 0 Å². The molecule has 1 saturated heterocycles. The minimum Gasteiger partial charge on any atom is -0.497 e. The van der Waals surface area contributed by atoms with Gasteiger partial charge in [-0.2, -0.15) is 0 Å². The van der Waals surface area contributed by atoms with Crippen LogP contribution in [-0.2, 0) is 9.53 Å². The molecule has 0 radical (unpaired) electrons. The minimum absolute atomic E-state index is 0.0789. The first-order valence-corrected chi connectivity index (χ1v) is 5.91. The molecule has 0 saturated carbocycles. The summed E-state index contributed by atoms with van der Waals surface area (Å²) in [5.41, 5.74) is 0.868. The number of cyclic esters (lactones) is 1. The summed E-state index contributed by atoms with van der Waals surface area (Å²) >= 11 is 0. The highest BCUT2D eigenvalue weighted by molar-refractivity contribution is 5.72. The van der Waals surface area contributed by atoms with Crippen molar-refractivity contribution < 1.29 is 24.2 Å². The lowest BCUT2D eigenvalue weighted by molar-refractivity contribution is -0.137. The van der Waals surface area contributed by atoms with Crippen LogP contribution in [0.1, 0.15) is 18.1 Å². The molecule has 1 atom stereocenters. The molecule has 102 valence electrons. The van der Waals surface area contributed by atoms with Crippen molar-refractivity contribution in [1.29, 1.82) is 0 Å². The van der Waals surface area contributed by atoms with Gasteiger partial charge < -0.3 is 19.5 Å². The zero-order chi connectivity index (χ0) is 13.8. The number of amides is 1. The highest BCUT2D eigenvalue weighted by atomic mass is 16.6. The van der Waals surface area contributed by atoms with Gasteiger partial charge in [0.2, 0.25) is 0 Å². The lowest BCUT2D eigenvalue weighted by atomic mass is 10.1. The van der Waals surface area contributed by atoms with Crippen molar-refractivity contribution in [2.75, 3.05) is 20.2 Å². The van der Waals surface area contributed by atoms with E-state index in [1.54, 1.807) is 19.2 Å². The van der Waals surface area contributed by atoms with Crippen LogP contribution < -0.4 is 4.74 Å². The first kappa shape index (κ1) is 13.2. The number of carboxylic acids is 1. The molecule has 0 bridgehead atoms. The Labute approximate surface area is 110 Å². The summed E-state index contributed by atoms with van der Waals surface area (Å²) in [4.78, 5) is 23.5. The summed E-state index contributed by atoms with van der Waals surface area (Å²) in [5, 5.41) is 8.61. The second-order valence-electron chi connectivity index (χ2n) is 4.24. The van der Waals surface area contributed by atoms with E-state index in [9.17, 15) is 9.59 Å². The lowest BCUT2D eigenvalue weighted by Gasteiger charge is -2.11. The number of carbonyl (C=O) groups excluding carboxylic acids is 1. The quantitative estimate of drug-likeness (QED) is 0.876. The fourth-order valence-electron chi connectivity index (χ4n) is 1.91. The van der Waals surface area contributed by atoms with Gasteiger partial charge in [-0.15, -0.1) is 0 Å². The van der Waals surface area contributed by atoms with Crippen molar-refractivity contribution in [3.8, 4) is 5.75 Å². The smallest absolute Gasteiger partial charge is 0.410 e. The highest BCUT2D eigenvalue weighted by Gasteiger charge is 2.32. The van der Waals surface area contributed by atoms with Crippen LogP contribution in [0.25, 0.3) is 0 Å². The van der Waals surface area contributed by atoms with E-state index in [0.29, 0.717) is 6.54 Å². The van der Waals surface area contributed by atoms with Gasteiger partial charge in [0.15, 0.2) is 0 Å². The molecule has 1 aliphatic heterocycles. The number of hydrogen-bond donors (Lipinski definition) is 1. The monoisotopic (exact) mass is 265 g/mol. The second kappa shape index (κ2) is 5.60. The second-order valence-corrected chi connectivity index (χ2v) is 4.24. The van der Waals surface area contributed by atoms with Crippen molar-refractivity contribution in [1.82, 2.24) is 4.90 Å². The number of benzene rings is 1. The number of nitrogens with zero attached hydrogens (tertiary/aromatic N) is 1. The lowest BCUT2D eigenvalue weighted by Crippen LogP contribution is -2.27. The summed E-state index contributed by atoms with van der Waals surface area (Å²) in [7, 11) is 1.58. The van der Waals surface area contributed by atoms with Gasteiger partial charge in [-0.25, -0.2) is 4.79 Å². The Kier molecular flexibility index (Phi) is 3.89. The van der Waals surface area contributed by atoms with E-state index in [1.807, 2.05) is 12.1 Å². The predicted octanol–water partition coefficient (Wildman–Crippen LogP) is 1.66. The molecule has 19 heavy (non-hydrogen) atoms. The summed E-state index contributed by atoms with van der Waals surface area (Å²) in [6.07, 6.45) is -0.904. The van der Waals surface area contributed by atoms with E-state index < -0.39 is 12.1 Å². The molecule has 1 aromatic rings. The maximum absolute atomic E-state index is 11.6. The molecular weight excluding hydrogens is 250 g/mol. The number of aliphatic carboxylic acids is 1. The van der Waals surface area contributed by atoms with Crippen LogP contribution in [0.2, 0.25) is 0 Å². The maximum atomic E-state index is 11.6. The Balaban J connectivity index is 1.99. The van der Waals surface area contributed by atoms with Gasteiger partial charge in [-0.1, -0.05) is 12.1 Å². The highest BCUT2D eigenvalue weighted by Crippen LogP contribution is 2.27. The van der Waals surface area contributed by atoms with E-state index in [-0.39, 0.29) is 19.1 Å². The molecule has 6 nitrogen and oxygen atoms in total. The molecule has 1 aliphatic rings. The van der Waals surface area contributed by atoms with Crippen molar-refractivity contribution >= 4 is 12.1 Å². The van der Waals surface area contributed by atoms with Crippen LogP contribution in [0.4, 0.5) is 4.79 Å². The van der Waals surface area contributed by atoms with Gasteiger partial charge in [-0.3, -0.25) is 4.79 Å². The topological polar surface area (TPSA) is 76.1 Å². The fraction of sp³-hybridized carbons (Fsp3) is 0.385. The number of rotatable bonds is 5. The summed E-state index contributed by atoms with van der Waals surface area (Å²) < 4.78 is 10.3. The third kappa shape index (κ3) is 3.15. The zero-order valence-corrected chi connectivity index (χ0v) is 10.5. The van der Waals surface area contributed by atoms with E-state index in [1.165, 1.54) is 4.90 Å². The number of ether oxygens (including phenoxy) is 2. The van der Waals surface area contributed by atoms with Crippen LogP contribution in [0.3, 0.4) is 0 Å². The first-order valence-electron chi connectivity index (χ1n) is 5.91. The van der Waals surface area contributed by atoms with Crippen LogP contribution in [0.15, 0.2) is 24.3 Å². The molecule has 1 unspecified atom stereocenters. The van der Waals surface area contributed by atoms with Gasteiger partial charge >= 0.3 is 12.1 Å². The number of carbonyl (C=O) groups is 2. The predicted molar refractivity (Wildman–Crippen MR) is 66.0 cm³/mol. The molecule has 1 fully saturated rings. The molecule has 1 N–H and O–H groups in total. The number of carboxylic acid groups (broad SMARTS) is 1. The van der Waals surface area contributed by atoms with Gasteiger partial charge in [0.1, 0.15) is 11.9 Å². The van der Waals surface area contributed by atoms with Crippen molar-refractivity contribution in [3.63, 3.8) is 0 Å². The minimum atomic E-state index is -0.930. The molecule has 6 heteroatoms. The van der Waals surface area contributed by atoms with Crippen LogP contribution in [-0.4, -0.2) is 42.3 Å². The molecule has 0 aromatic heterocycles. The maximum Gasteiger partial charge on any atom is 0.410 e. The Bertz CT molecular complexity index is 470. The van der Waals surface area contributed by atoms with Crippen molar-refractivity contribution in [3.05, 3.63) is 29.8 Å². The van der Waals surface area contributed by atoms with Gasteiger partial charge in [0.05, 0.1) is 20.1 Å². The molecule has 1 amide bonds.